The summed E-state index contributed by atoms with van der Waals surface area (Å²) in [4.78, 5) is 15.0. The first-order valence-electron chi connectivity index (χ1n) is 10.1. The fraction of sp³-hybridized carbons (Fsp3) is 0.458. The van der Waals surface area contributed by atoms with Crippen LogP contribution in [0.3, 0.4) is 0 Å². The highest BCUT2D eigenvalue weighted by molar-refractivity contribution is 5.81. The molecule has 1 atom stereocenters. The van der Waals surface area contributed by atoms with Crippen molar-refractivity contribution < 1.29 is 9.53 Å². The number of nitrogens with zero attached hydrogens (tertiary/aromatic N) is 1. The van der Waals surface area contributed by atoms with E-state index in [1.165, 1.54) is 11.1 Å². The molecule has 0 N–H and O–H groups in total. The number of likely N-dealkylation sites (tertiary alicyclic amines) is 1. The molecule has 0 aliphatic carbocycles. The summed E-state index contributed by atoms with van der Waals surface area (Å²) in [6.07, 6.45) is 3.55. The maximum absolute atomic E-state index is 13.0. The largest absolute Gasteiger partial charge is 0.480 e. The van der Waals surface area contributed by atoms with Gasteiger partial charge in [0.25, 0.3) is 5.91 Å². The van der Waals surface area contributed by atoms with Crippen molar-refractivity contribution in [1.29, 1.82) is 0 Å². The molecule has 3 heteroatoms. The predicted octanol–water partition coefficient (Wildman–Crippen LogP) is 4.94. The molecule has 2 aromatic carbocycles. The number of rotatable bonds is 6. The molecule has 1 aliphatic heterocycles. The quantitative estimate of drug-likeness (QED) is 0.725. The van der Waals surface area contributed by atoms with E-state index < -0.39 is 6.10 Å². The Kier molecular flexibility index (Phi) is 6.54. The molecule has 1 aliphatic rings. The molecule has 0 saturated carbocycles. The Morgan fingerprint density at radius 1 is 1.11 bits per heavy atom. The van der Waals surface area contributed by atoms with E-state index in [1.54, 1.807) is 0 Å². The molecular formula is C24H31NO2. The van der Waals surface area contributed by atoms with Gasteiger partial charge in [-0.15, -0.1) is 0 Å². The van der Waals surface area contributed by atoms with Crippen LogP contribution in [0, 0.1) is 19.8 Å². The standard InChI is InChI=1S/C24H31NO2/c1-4-22(27-23-11-10-18(2)16-19(23)3)24(26)25-14-12-21(13-15-25)17-20-8-6-5-7-9-20/h5-11,16,21-22H,4,12-15,17H2,1-3H3. The van der Waals surface area contributed by atoms with Gasteiger partial charge in [-0.05, 0) is 62.6 Å². The number of benzene rings is 2. The minimum Gasteiger partial charge on any atom is -0.480 e. The molecule has 0 aromatic heterocycles. The van der Waals surface area contributed by atoms with Crippen molar-refractivity contribution in [3.8, 4) is 5.75 Å². The van der Waals surface area contributed by atoms with E-state index in [2.05, 4.69) is 43.3 Å². The summed E-state index contributed by atoms with van der Waals surface area (Å²) in [6.45, 7) is 7.80. The summed E-state index contributed by atoms with van der Waals surface area (Å²) in [6, 6.07) is 16.8. The normalized spacial score (nSPS) is 16.2. The Balaban J connectivity index is 1.55. The predicted molar refractivity (Wildman–Crippen MR) is 110 cm³/mol. The van der Waals surface area contributed by atoms with Crippen LogP contribution in [0.15, 0.2) is 48.5 Å². The van der Waals surface area contributed by atoms with E-state index in [1.807, 2.05) is 30.9 Å². The summed E-state index contributed by atoms with van der Waals surface area (Å²) in [7, 11) is 0. The van der Waals surface area contributed by atoms with Gasteiger partial charge in [0.05, 0.1) is 0 Å². The first-order valence-corrected chi connectivity index (χ1v) is 10.1. The van der Waals surface area contributed by atoms with Crippen molar-refractivity contribution in [3.05, 3.63) is 65.2 Å². The molecule has 0 radical (unpaired) electrons. The molecule has 1 fully saturated rings. The third-order valence-electron chi connectivity index (χ3n) is 5.54. The van der Waals surface area contributed by atoms with E-state index >= 15 is 0 Å². The van der Waals surface area contributed by atoms with Gasteiger partial charge in [-0.3, -0.25) is 4.79 Å². The lowest BCUT2D eigenvalue weighted by Crippen LogP contribution is -2.46. The number of amides is 1. The second kappa shape index (κ2) is 9.07. The third kappa shape index (κ3) is 5.12. The van der Waals surface area contributed by atoms with Crippen LogP contribution >= 0.6 is 0 Å². The fourth-order valence-electron chi connectivity index (χ4n) is 3.90. The van der Waals surface area contributed by atoms with E-state index in [0.29, 0.717) is 12.3 Å². The van der Waals surface area contributed by atoms with Crippen LogP contribution in [-0.2, 0) is 11.2 Å². The van der Waals surface area contributed by atoms with Crippen molar-refractivity contribution in [2.24, 2.45) is 5.92 Å². The molecule has 0 bridgehead atoms. The Hall–Kier alpha value is -2.29. The number of carbonyl (C=O) groups excluding carboxylic acids is 1. The number of ether oxygens (including phenoxy) is 1. The van der Waals surface area contributed by atoms with Crippen LogP contribution in [0.2, 0.25) is 0 Å². The Bertz CT molecular complexity index is 748. The summed E-state index contributed by atoms with van der Waals surface area (Å²) < 4.78 is 6.10. The average molecular weight is 366 g/mol. The first-order chi connectivity index (χ1) is 13.1. The lowest BCUT2D eigenvalue weighted by molar-refractivity contribution is -0.140. The summed E-state index contributed by atoms with van der Waals surface area (Å²) in [5.41, 5.74) is 3.69. The van der Waals surface area contributed by atoms with E-state index in [-0.39, 0.29) is 5.91 Å². The summed E-state index contributed by atoms with van der Waals surface area (Å²) in [5.74, 6) is 1.62. The van der Waals surface area contributed by atoms with Crippen LogP contribution in [0.25, 0.3) is 0 Å². The zero-order chi connectivity index (χ0) is 19.2. The maximum Gasteiger partial charge on any atom is 0.263 e. The van der Waals surface area contributed by atoms with Crippen LogP contribution < -0.4 is 4.74 Å². The van der Waals surface area contributed by atoms with E-state index in [9.17, 15) is 4.79 Å². The first kappa shape index (κ1) is 19.5. The van der Waals surface area contributed by atoms with Crippen LogP contribution in [-0.4, -0.2) is 30.0 Å². The lowest BCUT2D eigenvalue weighted by atomic mass is 9.90. The molecule has 0 spiro atoms. The van der Waals surface area contributed by atoms with Gasteiger partial charge in [0.1, 0.15) is 5.75 Å². The van der Waals surface area contributed by atoms with E-state index in [0.717, 1.165) is 43.7 Å². The van der Waals surface area contributed by atoms with Gasteiger partial charge >= 0.3 is 0 Å². The lowest BCUT2D eigenvalue weighted by Gasteiger charge is -2.34. The molecular weight excluding hydrogens is 334 g/mol. The molecule has 1 amide bonds. The molecule has 3 nitrogen and oxygen atoms in total. The minimum atomic E-state index is -0.392. The van der Waals surface area contributed by atoms with Crippen molar-refractivity contribution in [2.75, 3.05) is 13.1 Å². The zero-order valence-electron chi connectivity index (χ0n) is 16.8. The van der Waals surface area contributed by atoms with Gasteiger partial charge in [-0.1, -0.05) is 55.0 Å². The number of hydrogen-bond acceptors (Lipinski definition) is 2. The van der Waals surface area contributed by atoms with Gasteiger partial charge in [0, 0.05) is 13.1 Å². The highest BCUT2D eigenvalue weighted by Crippen LogP contribution is 2.25. The minimum absolute atomic E-state index is 0.135. The number of aryl methyl sites for hydroxylation is 2. The second-order valence-corrected chi connectivity index (χ2v) is 7.74. The van der Waals surface area contributed by atoms with Crippen LogP contribution in [0.1, 0.15) is 42.9 Å². The van der Waals surface area contributed by atoms with Crippen molar-refractivity contribution >= 4 is 5.91 Å². The molecule has 27 heavy (non-hydrogen) atoms. The van der Waals surface area contributed by atoms with E-state index in [4.69, 9.17) is 4.74 Å². The summed E-state index contributed by atoms with van der Waals surface area (Å²) in [5, 5.41) is 0. The highest BCUT2D eigenvalue weighted by atomic mass is 16.5. The Morgan fingerprint density at radius 2 is 1.81 bits per heavy atom. The number of piperidine rings is 1. The van der Waals surface area contributed by atoms with Gasteiger partial charge in [-0.2, -0.15) is 0 Å². The Morgan fingerprint density at radius 3 is 2.44 bits per heavy atom. The van der Waals surface area contributed by atoms with Gasteiger partial charge in [0.2, 0.25) is 0 Å². The average Bonchev–Trinajstić information content (AvgIpc) is 2.68. The topological polar surface area (TPSA) is 29.5 Å². The monoisotopic (exact) mass is 365 g/mol. The SMILES string of the molecule is CCC(Oc1ccc(C)cc1C)C(=O)N1CCC(Cc2ccccc2)CC1. The van der Waals surface area contributed by atoms with Crippen molar-refractivity contribution in [1.82, 2.24) is 4.90 Å². The highest BCUT2D eigenvalue weighted by Gasteiger charge is 2.29. The smallest absolute Gasteiger partial charge is 0.263 e. The van der Waals surface area contributed by atoms with Crippen LogP contribution in [0.5, 0.6) is 5.75 Å². The molecule has 144 valence electrons. The van der Waals surface area contributed by atoms with Crippen molar-refractivity contribution in [2.45, 2.75) is 52.6 Å². The number of carbonyl (C=O) groups is 1. The second-order valence-electron chi connectivity index (χ2n) is 7.74. The maximum atomic E-state index is 13.0. The Labute approximate surface area is 163 Å². The molecule has 1 saturated heterocycles. The van der Waals surface area contributed by atoms with Crippen LogP contribution in [0.4, 0.5) is 0 Å². The molecule has 2 aromatic rings. The zero-order valence-corrected chi connectivity index (χ0v) is 16.8. The van der Waals surface area contributed by atoms with Gasteiger partial charge in [0.15, 0.2) is 6.10 Å². The molecule has 3 rings (SSSR count). The molecule has 1 heterocycles. The van der Waals surface area contributed by atoms with Gasteiger partial charge in [-0.25, -0.2) is 0 Å². The van der Waals surface area contributed by atoms with Gasteiger partial charge < -0.3 is 9.64 Å². The fourth-order valence-corrected chi connectivity index (χ4v) is 3.90. The number of hydrogen-bond donors (Lipinski definition) is 0. The molecule has 1 unspecified atom stereocenters. The summed E-state index contributed by atoms with van der Waals surface area (Å²) >= 11 is 0. The van der Waals surface area contributed by atoms with Crippen molar-refractivity contribution in [3.63, 3.8) is 0 Å². The third-order valence-corrected chi connectivity index (χ3v) is 5.54.